The summed E-state index contributed by atoms with van der Waals surface area (Å²) in [6.45, 7) is 4.20. The fraction of sp³-hybridized carbons (Fsp3) is 0.318. The zero-order valence-corrected chi connectivity index (χ0v) is 17.1. The van der Waals surface area contributed by atoms with Crippen molar-refractivity contribution in [1.82, 2.24) is 14.9 Å². The van der Waals surface area contributed by atoms with E-state index in [2.05, 4.69) is 23.8 Å². The molecule has 0 aliphatic rings. The van der Waals surface area contributed by atoms with Crippen LogP contribution in [-0.2, 0) is 17.6 Å². The molecule has 146 valence electrons. The van der Waals surface area contributed by atoms with Crippen LogP contribution in [0.1, 0.15) is 41.7 Å². The SMILES string of the molecule is CC(C)C(c1cccnc1)N(C)C(=O)Cc1csc(Cc2ccc(F)cc2)n1. The summed E-state index contributed by atoms with van der Waals surface area (Å²) < 4.78 is 13.0. The highest BCUT2D eigenvalue weighted by Gasteiger charge is 2.25. The molecular formula is C22H24FN3OS. The number of pyridine rings is 1. The van der Waals surface area contributed by atoms with Crippen molar-refractivity contribution in [1.29, 1.82) is 0 Å². The third-order valence-electron chi connectivity index (χ3n) is 4.67. The number of halogens is 1. The summed E-state index contributed by atoms with van der Waals surface area (Å²) in [5, 5.41) is 2.85. The minimum Gasteiger partial charge on any atom is -0.338 e. The number of thiazole rings is 1. The summed E-state index contributed by atoms with van der Waals surface area (Å²) in [4.78, 5) is 23.4. The van der Waals surface area contributed by atoms with Gasteiger partial charge < -0.3 is 4.90 Å². The summed E-state index contributed by atoms with van der Waals surface area (Å²) in [6.07, 6.45) is 4.46. The zero-order valence-electron chi connectivity index (χ0n) is 16.3. The van der Waals surface area contributed by atoms with E-state index in [0.29, 0.717) is 6.42 Å². The molecule has 3 rings (SSSR count). The summed E-state index contributed by atoms with van der Waals surface area (Å²) in [6, 6.07) is 10.3. The van der Waals surface area contributed by atoms with E-state index < -0.39 is 0 Å². The van der Waals surface area contributed by atoms with Crippen LogP contribution in [0.25, 0.3) is 0 Å². The highest BCUT2D eigenvalue weighted by molar-refractivity contribution is 7.09. The molecule has 0 N–H and O–H groups in total. The summed E-state index contributed by atoms with van der Waals surface area (Å²) in [5.41, 5.74) is 2.80. The minimum atomic E-state index is -0.245. The second kappa shape index (κ2) is 9.06. The molecule has 28 heavy (non-hydrogen) atoms. The van der Waals surface area contributed by atoms with Gasteiger partial charge in [-0.05, 0) is 35.2 Å². The zero-order chi connectivity index (χ0) is 20.1. The summed E-state index contributed by atoms with van der Waals surface area (Å²) in [5.74, 6) is 0.0503. The van der Waals surface area contributed by atoms with Crippen molar-refractivity contribution in [3.05, 3.63) is 81.8 Å². The van der Waals surface area contributed by atoms with Gasteiger partial charge in [-0.1, -0.05) is 32.0 Å². The molecule has 0 fully saturated rings. The number of nitrogens with zero attached hydrogens (tertiary/aromatic N) is 3. The first-order valence-electron chi connectivity index (χ1n) is 9.27. The molecule has 1 amide bonds. The van der Waals surface area contributed by atoms with Gasteiger partial charge in [0.2, 0.25) is 5.91 Å². The molecule has 0 aliphatic carbocycles. The van der Waals surface area contributed by atoms with Crippen LogP contribution in [0.4, 0.5) is 4.39 Å². The van der Waals surface area contributed by atoms with E-state index in [4.69, 9.17) is 0 Å². The minimum absolute atomic E-state index is 0.0289. The van der Waals surface area contributed by atoms with Gasteiger partial charge in [0.1, 0.15) is 5.82 Å². The van der Waals surface area contributed by atoms with Gasteiger partial charge in [-0.25, -0.2) is 9.37 Å². The van der Waals surface area contributed by atoms with Gasteiger partial charge in [0.05, 0.1) is 23.2 Å². The number of likely N-dealkylation sites (N-methyl/N-ethyl adjacent to an activating group) is 1. The number of hydrogen-bond acceptors (Lipinski definition) is 4. The molecule has 0 spiro atoms. The van der Waals surface area contributed by atoms with Crippen molar-refractivity contribution in [2.75, 3.05) is 7.05 Å². The number of benzene rings is 1. The largest absolute Gasteiger partial charge is 0.338 e. The van der Waals surface area contributed by atoms with Crippen LogP contribution in [0.5, 0.6) is 0 Å². The number of rotatable bonds is 7. The molecule has 0 radical (unpaired) electrons. The molecule has 2 heterocycles. The summed E-state index contributed by atoms with van der Waals surface area (Å²) in [7, 11) is 1.84. The van der Waals surface area contributed by atoms with Crippen LogP contribution >= 0.6 is 11.3 Å². The topological polar surface area (TPSA) is 46.1 Å². The smallest absolute Gasteiger partial charge is 0.228 e. The van der Waals surface area contributed by atoms with E-state index in [1.54, 1.807) is 23.2 Å². The number of carbonyl (C=O) groups excluding carboxylic acids is 1. The van der Waals surface area contributed by atoms with E-state index in [1.807, 2.05) is 30.8 Å². The lowest BCUT2D eigenvalue weighted by Crippen LogP contribution is -2.35. The molecule has 1 unspecified atom stereocenters. The molecule has 0 saturated carbocycles. The predicted molar refractivity (Wildman–Crippen MR) is 110 cm³/mol. The monoisotopic (exact) mass is 397 g/mol. The Hall–Kier alpha value is -2.60. The Balaban J connectivity index is 1.66. The molecule has 0 saturated heterocycles. The Bertz CT molecular complexity index is 909. The molecule has 6 heteroatoms. The second-order valence-corrected chi connectivity index (χ2v) is 8.14. The first-order chi connectivity index (χ1) is 13.4. The highest BCUT2D eigenvalue weighted by Crippen LogP contribution is 2.27. The fourth-order valence-corrected chi connectivity index (χ4v) is 4.16. The predicted octanol–water partition coefficient (Wildman–Crippen LogP) is 4.67. The Morgan fingerprint density at radius 1 is 1.21 bits per heavy atom. The number of aromatic nitrogens is 2. The van der Waals surface area contributed by atoms with Crippen LogP contribution in [0.2, 0.25) is 0 Å². The highest BCUT2D eigenvalue weighted by atomic mass is 32.1. The van der Waals surface area contributed by atoms with Crippen LogP contribution in [0.3, 0.4) is 0 Å². The lowest BCUT2D eigenvalue weighted by molar-refractivity contribution is -0.132. The lowest BCUT2D eigenvalue weighted by Gasteiger charge is -2.31. The van der Waals surface area contributed by atoms with Gasteiger partial charge in [-0.3, -0.25) is 9.78 Å². The summed E-state index contributed by atoms with van der Waals surface area (Å²) >= 11 is 1.53. The number of amides is 1. The van der Waals surface area contributed by atoms with Gasteiger partial charge in [0.25, 0.3) is 0 Å². The first-order valence-corrected chi connectivity index (χ1v) is 10.2. The van der Waals surface area contributed by atoms with Crippen LogP contribution in [-0.4, -0.2) is 27.8 Å². The number of hydrogen-bond donors (Lipinski definition) is 0. The Labute approximate surface area is 169 Å². The Kier molecular flexibility index (Phi) is 6.52. The number of carbonyl (C=O) groups is 1. The maximum absolute atomic E-state index is 13.0. The van der Waals surface area contributed by atoms with Crippen LogP contribution in [0, 0.1) is 11.7 Å². The van der Waals surface area contributed by atoms with Gasteiger partial charge >= 0.3 is 0 Å². The fourth-order valence-electron chi connectivity index (χ4n) is 3.33. The van der Waals surface area contributed by atoms with E-state index in [0.717, 1.165) is 21.8 Å². The third kappa shape index (κ3) is 5.01. The second-order valence-electron chi connectivity index (χ2n) is 7.19. The van der Waals surface area contributed by atoms with Crippen molar-refractivity contribution in [2.24, 2.45) is 5.92 Å². The average molecular weight is 398 g/mol. The molecular weight excluding hydrogens is 373 g/mol. The Morgan fingerprint density at radius 2 is 1.96 bits per heavy atom. The first kappa shape index (κ1) is 20.1. The normalized spacial score (nSPS) is 12.2. The van der Waals surface area contributed by atoms with E-state index in [9.17, 15) is 9.18 Å². The third-order valence-corrected chi connectivity index (χ3v) is 5.57. The van der Waals surface area contributed by atoms with Crippen molar-refractivity contribution >= 4 is 17.2 Å². The van der Waals surface area contributed by atoms with Gasteiger partial charge in [-0.15, -0.1) is 11.3 Å². The standard InChI is InChI=1S/C22H24FN3OS/c1-15(2)22(17-5-4-10-24-13-17)26(3)21(27)12-19-14-28-20(25-19)11-16-6-8-18(23)9-7-16/h4-10,13-15,22H,11-12H2,1-3H3. The molecule has 0 bridgehead atoms. The molecule has 3 aromatic rings. The molecule has 1 atom stereocenters. The van der Waals surface area contributed by atoms with Crippen molar-refractivity contribution in [2.45, 2.75) is 32.7 Å². The molecule has 0 aliphatic heterocycles. The maximum Gasteiger partial charge on any atom is 0.228 e. The maximum atomic E-state index is 13.0. The van der Waals surface area contributed by atoms with Gasteiger partial charge in [0.15, 0.2) is 0 Å². The van der Waals surface area contributed by atoms with Gasteiger partial charge in [-0.2, -0.15) is 0 Å². The van der Waals surface area contributed by atoms with E-state index >= 15 is 0 Å². The lowest BCUT2D eigenvalue weighted by atomic mass is 9.95. The van der Waals surface area contributed by atoms with Gasteiger partial charge in [0, 0.05) is 31.2 Å². The quantitative estimate of drug-likeness (QED) is 0.582. The Morgan fingerprint density at radius 3 is 2.61 bits per heavy atom. The molecule has 2 aromatic heterocycles. The van der Waals surface area contributed by atoms with Crippen molar-refractivity contribution in [3.8, 4) is 0 Å². The van der Waals surface area contributed by atoms with Crippen LogP contribution < -0.4 is 0 Å². The molecule has 4 nitrogen and oxygen atoms in total. The van der Waals surface area contributed by atoms with E-state index in [1.165, 1.54) is 23.5 Å². The van der Waals surface area contributed by atoms with E-state index in [-0.39, 0.29) is 30.1 Å². The molecule has 1 aromatic carbocycles. The average Bonchev–Trinajstić information content (AvgIpc) is 3.11. The van der Waals surface area contributed by atoms with Crippen molar-refractivity contribution in [3.63, 3.8) is 0 Å². The van der Waals surface area contributed by atoms with Crippen molar-refractivity contribution < 1.29 is 9.18 Å². The van der Waals surface area contributed by atoms with Crippen LogP contribution in [0.15, 0.2) is 54.2 Å².